The third-order valence-corrected chi connectivity index (χ3v) is 4.91. The number of benzene rings is 2. The molecule has 2 aromatic carbocycles. The summed E-state index contributed by atoms with van der Waals surface area (Å²) in [6.45, 7) is 10.0. The van der Waals surface area contributed by atoms with Crippen molar-refractivity contribution in [1.29, 1.82) is 5.26 Å². The normalized spacial score (nSPS) is 11.2. The molecule has 0 fully saturated rings. The quantitative estimate of drug-likeness (QED) is 0.473. The molecule has 0 aliphatic carbocycles. The van der Waals surface area contributed by atoms with E-state index in [2.05, 4.69) is 41.1 Å². The Bertz CT molecular complexity index is 1120. The van der Waals surface area contributed by atoms with Crippen LogP contribution in [0, 0.1) is 45.9 Å². The average Bonchev–Trinajstić information content (AvgIpc) is 2.93. The van der Waals surface area contributed by atoms with Gasteiger partial charge in [0.05, 0.1) is 0 Å². The fourth-order valence-corrected chi connectivity index (χ4v) is 3.57. The first-order chi connectivity index (χ1) is 13.8. The van der Waals surface area contributed by atoms with Crippen molar-refractivity contribution in [2.24, 2.45) is 0 Å². The Morgan fingerprint density at radius 2 is 1.55 bits per heavy atom. The minimum atomic E-state index is -0.405. The van der Waals surface area contributed by atoms with Crippen molar-refractivity contribution in [3.63, 3.8) is 0 Å². The number of hydrogen-bond donors (Lipinski definition) is 1. The predicted octanol–water partition coefficient (Wildman–Crippen LogP) is 5.57. The lowest BCUT2D eigenvalue weighted by Gasteiger charge is -2.10. The van der Waals surface area contributed by atoms with Crippen molar-refractivity contribution in [1.82, 2.24) is 4.57 Å². The molecule has 1 N–H and O–H groups in total. The molecular weight excluding hydrogens is 358 g/mol. The first-order valence-corrected chi connectivity index (χ1v) is 9.56. The molecule has 0 aliphatic heterocycles. The van der Waals surface area contributed by atoms with Gasteiger partial charge in [-0.2, -0.15) is 5.26 Å². The van der Waals surface area contributed by atoms with Gasteiger partial charge in [0.15, 0.2) is 0 Å². The number of nitriles is 1. The molecule has 0 radical (unpaired) electrons. The summed E-state index contributed by atoms with van der Waals surface area (Å²) in [6, 6.07) is 18.1. The number of hydrogen-bond acceptors (Lipinski definition) is 2. The highest BCUT2D eigenvalue weighted by Gasteiger charge is 2.14. The molecule has 0 atom stereocenters. The molecule has 0 aliphatic rings. The average molecular weight is 383 g/mol. The highest BCUT2D eigenvalue weighted by atomic mass is 16.1. The molecule has 0 saturated carbocycles. The zero-order chi connectivity index (χ0) is 21.1. The Kier molecular flexibility index (Phi) is 5.70. The van der Waals surface area contributed by atoms with Gasteiger partial charge in [-0.25, -0.2) is 0 Å². The van der Waals surface area contributed by atoms with E-state index < -0.39 is 5.91 Å². The van der Waals surface area contributed by atoms with Crippen LogP contribution in [0.1, 0.15) is 33.6 Å². The van der Waals surface area contributed by atoms with Crippen LogP contribution in [0.25, 0.3) is 11.8 Å². The van der Waals surface area contributed by atoms with E-state index in [1.54, 1.807) is 6.08 Å². The van der Waals surface area contributed by atoms with E-state index in [4.69, 9.17) is 0 Å². The highest BCUT2D eigenvalue weighted by molar-refractivity contribution is 6.09. The second-order valence-electron chi connectivity index (χ2n) is 7.50. The molecule has 29 heavy (non-hydrogen) atoms. The molecule has 4 nitrogen and oxygen atoms in total. The smallest absolute Gasteiger partial charge is 0.266 e. The second-order valence-corrected chi connectivity index (χ2v) is 7.50. The maximum atomic E-state index is 12.7. The molecule has 1 aromatic heterocycles. The minimum absolute atomic E-state index is 0.0771. The molecule has 146 valence electrons. The van der Waals surface area contributed by atoms with Gasteiger partial charge in [0.25, 0.3) is 5.91 Å². The van der Waals surface area contributed by atoms with Gasteiger partial charge in [0, 0.05) is 22.8 Å². The van der Waals surface area contributed by atoms with Gasteiger partial charge in [-0.3, -0.25) is 4.79 Å². The predicted molar refractivity (Wildman–Crippen MR) is 118 cm³/mol. The lowest BCUT2D eigenvalue weighted by molar-refractivity contribution is -0.112. The van der Waals surface area contributed by atoms with E-state index in [1.165, 1.54) is 5.56 Å². The van der Waals surface area contributed by atoms with E-state index in [0.717, 1.165) is 33.8 Å². The van der Waals surface area contributed by atoms with Gasteiger partial charge < -0.3 is 9.88 Å². The van der Waals surface area contributed by atoms with Gasteiger partial charge >= 0.3 is 0 Å². The highest BCUT2D eigenvalue weighted by Crippen LogP contribution is 2.23. The Labute approximate surface area is 172 Å². The van der Waals surface area contributed by atoms with Crippen LogP contribution in [0.5, 0.6) is 0 Å². The maximum absolute atomic E-state index is 12.7. The van der Waals surface area contributed by atoms with Crippen LogP contribution in [0.2, 0.25) is 0 Å². The summed E-state index contributed by atoms with van der Waals surface area (Å²) < 4.78 is 2.13. The Morgan fingerprint density at radius 1 is 0.931 bits per heavy atom. The zero-order valence-electron chi connectivity index (χ0n) is 17.5. The lowest BCUT2D eigenvalue weighted by atomic mass is 10.1. The molecule has 4 heteroatoms. The standard InChI is InChI=1S/C25H25N3O/c1-16-6-8-24(9-7-16)28-19(4)13-21(20(28)5)14-22(15-26)25(29)27-23-11-17(2)10-18(3)12-23/h6-14H,1-5H3,(H,27,29). The summed E-state index contributed by atoms with van der Waals surface area (Å²) in [5, 5.41) is 12.4. The zero-order valence-corrected chi connectivity index (χ0v) is 17.5. The number of carbonyl (C=O) groups is 1. The fourth-order valence-electron chi connectivity index (χ4n) is 3.57. The van der Waals surface area contributed by atoms with Gasteiger partial charge in [-0.15, -0.1) is 0 Å². The van der Waals surface area contributed by atoms with Crippen LogP contribution in [0.4, 0.5) is 5.69 Å². The molecule has 1 amide bonds. The first kappa shape index (κ1) is 20.2. The Hall–Kier alpha value is -3.58. The molecule has 1 heterocycles. The topological polar surface area (TPSA) is 57.8 Å². The number of carbonyl (C=O) groups excluding carboxylic acids is 1. The number of amides is 1. The van der Waals surface area contributed by atoms with Crippen molar-refractivity contribution in [3.8, 4) is 11.8 Å². The summed E-state index contributed by atoms with van der Waals surface area (Å²) in [4.78, 5) is 12.7. The monoisotopic (exact) mass is 383 g/mol. The van der Waals surface area contributed by atoms with Gasteiger partial charge in [-0.05, 0) is 87.7 Å². The molecule has 3 rings (SSSR count). The molecule has 0 unspecified atom stereocenters. The van der Waals surface area contributed by atoms with Gasteiger partial charge in [-0.1, -0.05) is 23.8 Å². The Balaban J connectivity index is 1.93. The molecule has 0 spiro atoms. The molecule has 3 aromatic rings. The van der Waals surface area contributed by atoms with Crippen molar-refractivity contribution in [2.75, 3.05) is 5.32 Å². The lowest BCUT2D eigenvalue weighted by Crippen LogP contribution is -2.13. The maximum Gasteiger partial charge on any atom is 0.266 e. The van der Waals surface area contributed by atoms with Crippen molar-refractivity contribution < 1.29 is 4.79 Å². The van der Waals surface area contributed by atoms with Crippen molar-refractivity contribution >= 4 is 17.7 Å². The summed E-state index contributed by atoms with van der Waals surface area (Å²) in [5.41, 5.74) is 8.04. The number of aryl methyl sites for hydroxylation is 4. The summed E-state index contributed by atoms with van der Waals surface area (Å²) in [7, 11) is 0. The Morgan fingerprint density at radius 3 is 2.14 bits per heavy atom. The summed E-state index contributed by atoms with van der Waals surface area (Å²) >= 11 is 0. The van der Waals surface area contributed by atoms with Crippen LogP contribution in [-0.2, 0) is 4.79 Å². The van der Waals surface area contributed by atoms with E-state index >= 15 is 0 Å². The third kappa shape index (κ3) is 4.47. The van der Waals surface area contributed by atoms with E-state index in [9.17, 15) is 10.1 Å². The van der Waals surface area contributed by atoms with Gasteiger partial charge in [0.1, 0.15) is 11.6 Å². The number of rotatable bonds is 4. The van der Waals surface area contributed by atoms with E-state index in [0.29, 0.717) is 5.69 Å². The van der Waals surface area contributed by atoms with Crippen LogP contribution < -0.4 is 5.32 Å². The number of nitrogens with zero attached hydrogens (tertiary/aromatic N) is 2. The van der Waals surface area contributed by atoms with E-state index in [-0.39, 0.29) is 5.57 Å². The number of aromatic nitrogens is 1. The molecule has 0 saturated heterocycles. The van der Waals surface area contributed by atoms with Crippen LogP contribution in [0.15, 0.2) is 54.1 Å². The summed E-state index contributed by atoms with van der Waals surface area (Å²) in [5.74, 6) is -0.405. The molecular formula is C25H25N3O. The van der Waals surface area contributed by atoms with Gasteiger partial charge in [0.2, 0.25) is 0 Å². The van der Waals surface area contributed by atoms with E-state index in [1.807, 2.05) is 58.0 Å². The van der Waals surface area contributed by atoms with Crippen molar-refractivity contribution in [2.45, 2.75) is 34.6 Å². The fraction of sp³-hybridized carbons (Fsp3) is 0.200. The van der Waals surface area contributed by atoms with Crippen LogP contribution in [0.3, 0.4) is 0 Å². The number of anilines is 1. The first-order valence-electron chi connectivity index (χ1n) is 9.56. The number of nitrogens with one attached hydrogen (secondary N) is 1. The van der Waals surface area contributed by atoms with Crippen LogP contribution >= 0.6 is 0 Å². The minimum Gasteiger partial charge on any atom is -0.321 e. The second kappa shape index (κ2) is 8.20. The molecule has 0 bridgehead atoms. The largest absolute Gasteiger partial charge is 0.321 e. The SMILES string of the molecule is Cc1ccc(-n2c(C)cc(C=C(C#N)C(=O)Nc3cc(C)cc(C)c3)c2C)cc1. The van der Waals surface area contributed by atoms with Crippen molar-refractivity contribution in [3.05, 3.63) is 87.7 Å². The third-order valence-electron chi connectivity index (χ3n) is 4.91. The van der Waals surface area contributed by atoms with Crippen LogP contribution in [-0.4, -0.2) is 10.5 Å². The summed E-state index contributed by atoms with van der Waals surface area (Å²) in [6.07, 6.45) is 1.66.